The summed E-state index contributed by atoms with van der Waals surface area (Å²) in [4.78, 5) is 1.40. The van der Waals surface area contributed by atoms with E-state index in [1.165, 1.54) is 11.3 Å². The van der Waals surface area contributed by atoms with Gasteiger partial charge in [-0.15, -0.1) is 11.3 Å². The van der Waals surface area contributed by atoms with E-state index in [0.717, 1.165) is 36.2 Å². The Labute approximate surface area is 113 Å². The molecule has 18 heavy (non-hydrogen) atoms. The monoisotopic (exact) mass is 288 g/mol. The van der Waals surface area contributed by atoms with E-state index in [1.54, 1.807) is 0 Å². The molecule has 1 saturated carbocycles. The summed E-state index contributed by atoms with van der Waals surface area (Å²) in [5, 5.41) is 5.19. The highest BCUT2D eigenvalue weighted by Crippen LogP contribution is 2.29. The van der Waals surface area contributed by atoms with Crippen molar-refractivity contribution in [2.45, 2.75) is 50.6 Å². The Hall–Kier alpha value is -0.430. The predicted octanol–water partition coefficient (Wildman–Crippen LogP) is 2.00. The third-order valence-electron chi connectivity index (χ3n) is 2.87. The maximum absolute atomic E-state index is 12.3. The van der Waals surface area contributed by atoms with E-state index in [4.69, 9.17) is 0 Å². The van der Waals surface area contributed by atoms with Crippen LogP contribution in [0.5, 0.6) is 0 Å². The summed E-state index contributed by atoms with van der Waals surface area (Å²) in [6.45, 7) is 5.50. The molecule has 0 unspecified atom stereocenters. The van der Waals surface area contributed by atoms with Crippen molar-refractivity contribution in [2.75, 3.05) is 6.54 Å². The minimum Gasteiger partial charge on any atom is -0.312 e. The largest absolute Gasteiger partial charge is 0.312 e. The van der Waals surface area contributed by atoms with Crippen LogP contribution in [-0.4, -0.2) is 21.0 Å². The molecule has 0 radical (unpaired) electrons. The molecule has 1 fully saturated rings. The van der Waals surface area contributed by atoms with Crippen molar-refractivity contribution in [1.82, 2.24) is 10.0 Å². The Balaban J connectivity index is 2.16. The average molecular weight is 288 g/mol. The third kappa shape index (κ3) is 3.32. The van der Waals surface area contributed by atoms with E-state index in [0.29, 0.717) is 11.4 Å². The molecule has 1 aliphatic carbocycles. The molecule has 1 aliphatic rings. The number of sulfonamides is 1. The lowest BCUT2D eigenvalue weighted by Crippen LogP contribution is -2.27. The molecule has 4 nitrogen and oxygen atoms in total. The second-order valence-electron chi connectivity index (χ2n) is 4.74. The van der Waals surface area contributed by atoms with Crippen molar-refractivity contribution in [2.24, 2.45) is 0 Å². The van der Waals surface area contributed by atoms with Crippen molar-refractivity contribution in [3.05, 3.63) is 15.8 Å². The molecule has 2 N–H and O–H groups in total. The molecule has 0 amide bonds. The van der Waals surface area contributed by atoms with E-state index >= 15 is 0 Å². The molecule has 0 saturated heterocycles. The molecular formula is C12H20N2O2S2. The second-order valence-corrected chi connectivity index (χ2v) is 7.36. The Kier molecular flexibility index (Phi) is 4.42. The number of thiophene rings is 1. The predicted molar refractivity (Wildman–Crippen MR) is 74.4 cm³/mol. The van der Waals surface area contributed by atoms with Gasteiger partial charge in [-0.05, 0) is 43.7 Å². The van der Waals surface area contributed by atoms with E-state index < -0.39 is 10.0 Å². The van der Waals surface area contributed by atoms with Gasteiger partial charge in [-0.3, -0.25) is 0 Å². The number of aryl methyl sites for hydroxylation is 1. The summed E-state index contributed by atoms with van der Waals surface area (Å²) < 4.78 is 27.3. The van der Waals surface area contributed by atoms with Gasteiger partial charge in [-0.25, -0.2) is 13.1 Å². The molecule has 0 spiro atoms. The lowest BCUT2D eigenvalue weighted by molar-refractivity contribution is 0.578. The minimum absolute atomic E-state index is 0.158. The van der Waals surface area contributed by atoms with Crippen molar-refractivity contribution in [1.29, 1.82) is 0 Å². The van der Waals surface area contributed by atoms with E-state index in [9.17, 15) is 8.42 Å². The van der Waals surface area contributed by atoms with E-state index in [2.05, 4.69) is 17.0 Å². The highest BCUT2D eigenvalue weighted by molar-refractivity contribution is 7.89. The summed E-state index contributed by atoms with van der Waals surface area (Å²) >= 11 is 1.52. The molecule has 0 bridgehead atoms. The van der Waals surface area contributed by atoms with Crippen LogP contribution in [0, 0.1) is 6.92 Å². The minimum atomic E-state index is -3.33. The summed E-state index contributed by atoms with van der Waals surface area (Å²) in [7, 11) is -3.33. The molecule has 0 aliphatic heterocycles. The first-order valence-electron chi connectivity index (χ1n) is 6.34. The van der Waals surface area contributed by atoms with E-state index in [1.807, 2.05) is 12.3 Å². The van der Waals surface area contributed by atoms with Gasteiger partial charge >= 0.3 is 0 Å². The Morgan fingerprint density at radius 1 is 1.44 bits per heavy atom. The lowest BCUT2D eigenvalue weighted by atomic mass is 10.3. The first kappa shape index (κ1) is 14.0. The standard InChI is InChI=1S/C12H20N2O2S2/c1-3-6-13-7-11-12(9(2)8-17-11)18(15,16)14-10-4-5-10/h8,10,13-14H,3-7H2,1-2H3. The summed E-state index contributed by atoms with van der Waals surface area (Å²) in [5.74, 6) is 0. The zero-order chi connectivity index (χ0) is 13.2. The summed E-state index contributed by atoms with van der Waals surface area (Å²) in [6.07, 6.45) is 2.98. The van der Waals surface area contributed by atoms with E-state index in [-0.39, 0.29) is 6.04 Å². The quantitative estimate of drug-likeness (QED) is 0.755. The molecule has 0 atom stereocenters. The maximum Gasteiger partial charge on any atom is 0.242 e. The van der Waals surface area contributed by atoms with Gasteiger partial charge in [0.05, 0.1) is 0 Å². The van der Waals surface area contributed by atoms with Crippen LogP contribution in [-0.2, 0) is 16.6 Å². The van der Waals surface area contributed by atoms with Gasteiger partial charge in [-0.1, -0.05) is 6.92 Å². The maximum atomic E-state index is 12.3. The number of hydrogen-bond acceptors (Lipinski definition) is 4. The molecular weight excluding hydrogens is 268 g/mol. The molecule has 2 rings (SSSR count). The topological polar surface area (TPSA) is 58.2 Å². The normalized spacial score (nSPS) is 16.1. The van der Waals surface area contributed by atoms with Crippen LogP contribution in [0.15, 0.2) is 10.3 Å². The number of nitrogens with one attached hydrogen (secondary N) is 2. The SMILES string of the molecule is CCCNCc1scc(C)c1S(=O)(=O)NC1CC1. The van der Waals surface area contributed by atoms with Crippen LogP contribution < -0.4 is 10.0 Å². The third-order valence-corrected chi connectivity index (χ3v) is 5.85. The molecule has 0 aromatic carbocycles. The molecule has 1 aromatic heterocycles. The summed E-state index contributed by atoms with van der Waals surface area (Å²) in [5.41, 5.74) is 0.849. The fraction of sp³-hybridized carbons (Fsp3) is 0.667. The van der Waals surface area contributed by atoms with Gasteiger partial charge in [0.15, 0.2) is 0 Å². The molecule has 1 heterocycles. The Morgan fingerprint density at radius 3 is 2.78 bits per heavy atom. The van der Waals surface area contributed by atoms with Crippen molar-refractivity contribution >= 4 is 21.4 Å². The van der Waals surface area contributed by atoms with Crippen molar-refractivity contribution < 1.29 is 8.42 Å². The van der Waals surface area contributed by atoms with Gasteiger partial charge < -0.3 is 5.32 Å². The highest BCUT2D eigenvalue weighted by atomic mass is 32.2. The van der Waals surface area contributed by atoms with Crippen LogP contribution in [0.1, 0.15) is 36.6 Å². The smallest absolute Gasteiger partial charge is 0.242 e. The highest BCUT2D eigenvalue weighted by Gasteiger charge is 2.30. The lowest BCUT2D eigenvalue weighted by Gasteiger charge is -2.09. The first-order chi connectivity index (χ1) is 8.54. The van der Waals surface area contributed by atoms with Crippen LogP contribution in [0.3, 0.4) is 0 Å². The van der Waals surface area contributed by atoms with Crippen LogP contribution in [0.25, 0.3) is 0 Å². The van der Waals surface area contributed by atoms with Crippen molar-refractivity contribution in [3.63, 3.8) is 0 Å². The molecule has 6 heteroatoms. The fourth-order valence-electron chi connectivity index (χ4n) is 1.83. The van der Waals surface area contributed by atoms with Crippen LogP contribution in [0.2, 0.25) is 0 Å². The zero-order valence-corrected chi connectivity index (χ0v) is 12.5. The van der Waals surface area contributed by atoms with Crippen molar-refractivity contribution in [3.8, 4) is 0 Å². The van der Waals surface area contributed by atoms with Gasteiger partial charge in [0.1, 0.15) is 4.90 Å². The zero-order valence-electron chi connectivity index (χ0n) is 10.8. The van der Waals surface area contributed by atoms with Gasteiger partial charge in [0.25, 0.3) is 0 Å². The van der Waals surface area contributed by atoms with Crippen LogP contribution >= 0.6 is 11.3 Å². The number of hydrogen-bond donors (Lipinski definition) is 2. The Morgan fingerprint density at radius 2 is 2.17 bits per heavy atom. The molecule has 102 valence electrons. The summed E-state index contributed by atoms with van der Waals surface area (Å²) in [6, 6.07) is 0.158. The molecule has 1 aromatic rings. The fourth-order valence-corrected chi connectivity index (χ4v) is 4.91. The second kappa shape index (κ2) is 5.69. The number of rotatable bonds is 7. The van der Waals surface area contributed by atoms with Gasteiger partial charge in [0.2, 0.25) is 10.0 Å². The van der Waals surface area contributed by atoms with Crippen LogP contribution in [0.4, 0.5) is 0 Å². The average Bonchev–Trinajstić information content (AvgIpc) is 3.00. The van der Waals surface area contributed by atoms with Gasteiger partial charge in [0, 0.05) is 17.5 Å². The first-order valence-corrected chi connectivity index (χ1v) is 8.71. The van der Waals surface area contributed by atoms with Gasteiger partial charge in [-0.2, -0.15) is 0 Å². The Bertz CT molecular complexity index is 504.